The van der Waals surface area contributed by atoms with E-state index in [1.807, 2.05) is 0 Å². The molecule has 2 amide bonds. The topological polar surface area (TPSA) is 97.7 Å². The monoisotopic (exact) mass is 515 g/mol. The van der Waals surface area contributed by atoms with Gasteiger partial charge in [-0.05, 0) is 63.8 Å². The number of alkyl carbamates (subject to hydrolysis) is 1. The van der Waals surface area contributed by atoms with Gasteiger partial charge in [-0.2, -0.15) is 0 Å². The van der Waals surface area contributed by atoms with E-state index in [0.29, 0.717) is 43.4 Å². The second kappa shape index (κ2) is 9.93. The maximum Gasteiger partial charge on any atom is 0.407 e. The first-order chi connectivity index (χ1) is 17.0. The number of halogens is 1. The molecular weight excluding hydrogens is 485 g/mol. The Labute approximate surface area is 210 Å². The highest BCUT2D eigenvalue weighted by Crippen LogP contribution is 2.29. The zero-order valence-electron chi connectivity index (χ0n) is 20.5. The van der Waals surface area contributed by atoms with Crippen LogP contribution >= 0.6 is 0 Å². The van der Waals surface area contributed by atoms with Crippen LogP contribution in [0.4, 0.5) is 9.18 Å². The average Bonchev–Trinajstić information content (AvgIpc) is 3.22. The Morgan fingerprint density at radius 1 is 1.06 bits per heavy atom. The van der Waals surface area contributed by atoms with Gasteiger partial charge in [0.15, 0.2) is 0 Å². The minimum atomic E-state index is -4.38. The standard InChI is InChI=1S/C26H30FN3O5S/c1-26(2,3)35-25(32)28-17-18-12-14-29(15-13-18)24(31)22-16-19-8-4-6-10-21(19)30(22)36(33,34)23-11-7-5-9-20(23)27/h4-11,16,18H,12-15,17H2,1-3H3,(H,28,32). The van der Waals surface area contributed by atoms with Gasteiger partial charge in [-0.3, -0.25) is 4.79 Å². The number of benzene rings is 2. The summed E-state index contributed by atoms with van der Waals surface area (Å²) in [4.78, 5) is 26.6. The molecule has 2 heterocycles. The highest BCUT2D eigenvalue weighted by Gasteiger charge is 2.32. The van der Waals surface area contributed by atoms with Crippen LogP contribution in [-0.2, 0) is 14.8 Å². The first kappa shape index (κ1) is 25.7. The summed E-state index contributed by atoms with van der Waals surface area (Å²) in [6.07, 6.45) is 0.799. The number of likely N-dealkylation sites (tertiary alicyclic amines) is 1. The van der Waals surface area contributed by atoms with Gasteiger partial charge in [0.1, 0.15) is 22.0 Å². The molecule has 1 N–H and O–H groups in total. The molecular formula is C26H30FN3O5S. The van der Waals surface area contributed by atoms with Crippen molar-refractivity contribution < 1.29 is 27.1 Å². The van der Waals surface area contributed by atoms with Crippen molar-refractivity contribution in [1.29, 1.82) is 0 Å². The van der Waals surface area contributed by atoms with Gasteiger partial charge >= 0.3 is 6.09 Å². The lowest BCUT2D eigenvalue weighted by Gasteiger charge is -2.32. The normalized spacial score (nSPS) is 15.2. The Morgan fingerprint density at radius 2 is 1.69 bits per heavy atom. The van der Waals surface area contributed by atoms with E-state index < -0.39 is 38.3 Å². The number of para-hydroxylation sites is 1. The Balaban J connectivity index is 1.54. The number of ether oxygens (including phenoxy) is 1. The smallest absolute Gasteiger partial charge is 0.407 e. The van der Waals surface area contributed by atoms with Gasteiger partial charge in [-0.15, -0.1) is 0 Å². The van der Waals surface area contributed by atoms with Crippen LogP contribution in [0.3, 0.4) is 0 Å². The number of carbonyl (C=O) groups is 2. The zero-order valence-corrected chi connectivity index (χ0v) is 21.3. The summed E-state index contributed by atoms with van der Waals surface area (Å²) < 4.78 is 47.8. The van der Waals surface area contributed by atoms with Gasteiger partial charge in [-0.25, -0.2) is 21.6 Å². The molecule has 2 aromatic carbocycles. The molecule has 3 aromatic rings. The van der Waals surface area contributed by atoms with E-state index >= 15 is 0 Å². The maximum atomic E-state index is 14.5. The van der Waals surface area contributed by atoms with Crippen molar-refractivity contribution in [2.24, 2.45) is 5.92 Å². The third-order valence-corrected chi connectivity index (χ3v) is 7.84. The van der Waals surface area contributed by atoms with Crippen LogP contribution in [0.15, 0.2) is 59.5 Å². The summed E-state index contributed by atoms with van der Waals surface area (Å²) in [5, 5.41) is 3.34. The van der Waals surface area contributed by atoms with Crippen LogP contribution in [0, 0.1) is 11.7 Å². The van der Waals surface area contributed by atoms with Crippen molar-refractivity contribution >= 4 is 32.9 Å². The lowest BCUT2D eigenvalue weighted by atomic mass is 9.96. The fourth-order valence-corrected chi connectivity index (χ4v) is 5.91. The van der Waals surface area contributed by atoms with Gasteiger partial charge in [0, 0.05) is 25.0 Å². The second-order valence-corrected chi connectivity index (χ2v) is 11.7. The van der Waals surface area contributed by atoms with Crippen molar-refractivity contribution in [3.05, 3.63) is 66.1 Å². The maximum absolute atomic E-state index is 14.5. The van der Waals surface area contributed by atoms with Crippen molar-refractivity contribution in [3.63, 3.8) is 0 Å². The highest BCUT2D eigenvalue weighted by molar-refractivity contribution is 7.90. The molecule has 192 valence electrons. The number of aromatic nitrogens is 1. The van der Waals surface area contributed by atoms with Crippen LogP contribution < -0.4 is 5.32 Å². The number of fused-ring (bicyclic) bond motifs is 1. The molecule has 0 spiro atoms. The molecule has 0 radical (unpaired) electrons. The molecule has 4 rings (SSSR count). The highest BCUT2D eigenvalue weighted by atomic mass is 32.2. The number of nitrogens with one attached hydrogen (secondary N) is 1. The molecule has 1 aliphatic heterocycles. The molecule has 0 aliphatic carbocycles. The Kier molecular flexibility index (Phi) is 7.08. The average molecular weight is 516 g/mol. The zero-order chi connectivity index (χ0) is 26.1. The molecule has 10 heteroatoms. The van der Waals surface area contributed by atoms with Crippen LogP contribution in [0.1, 0.15) is 44.1 Å². The quantitative estimate of drug-likeness (QED) is 0.543. The Bertz CT molecular complexity index is 1390. The minimum Gasteiger partial charge on any atom is -0.444 e. The molecule has 0 saturated carbocycles. The van der Waals surface area contributed by atoms with Crippen molar-refractivity contribution in [2.75, 3.05) is 19.6 Å². The van der Waals surface area contributed by atoms with Gasteiger partial charge < -0.3 is 15.0 Å². The summed E-state index contributed by atoms with van der Waals surface area (Å²) in [6.45, 7) is 6.62. The van der Waals surface area contributed by atoms with Crippen LogP contribution in [0.5, 0.6) is 0 Å². The number of carbonyl (C=O) groups excluding carboxylic acids is 2. The van der Waals surface area contributed by atoms with E-state index in [4.69, 9.17) is 4.74 Å². The lowest BCUT2D eigenvalue weighted by molar-refractivity contribution is 0.0499. The minimum absolute atomic E-state index is 0.0372. The molecule has 0 unspecified atom stereocenters. The van der Waals surface area contributed by atoms with Gasteiger partial charge in [0.05, 0.1) is 5.52 Å². The summed E-state index contributed by atoms with van der Waals surface area (Å²) in [5.74, 6) is -1.16. The fraction of sp³-hybridized carbons (Fsp3) is 0.385. The van der Waals surface area contributed by atoms with E-state index in [1.54, 1.807) is 49.9 Å². The van der Waals surface area contributed by atoms with Crippen molar-refractivity contribution in [2.45, 2.75) is 44.1 Å². The summed E-state index contributed by atoms with van der Waals surface area (Å²) in [7, 11) is -4.38. The number of piperidine rings is 1. The SMILES string of the molecule is CC(C)(C)OC(=O)NCC1CCN(C(=O)c2cc3ccccc3n2S(=O)(=O)c2ccccc2F)CC1. The summed E-state index contributed by atoms with van der Waals surface area (Å²) in [5.41, 5.74) is -0.313. The van der Waals surface area contributed by atoms with E-state index in [-0.39, 0.29) is 11.6 Å². The number of hydrogen-bond donors (Lipinski definition) is 1. The third kappa shape index (κ3) is 5.38. The van der Waals surface area contributed by atoms with Gasteiger partial charge in [0.25, 0.3) is 15.9 Å². The molecule has 8 nitrogen and oxygen atoms in total. The Hall–Kier alpha value is -3.40. The van der Waals surface area contributed by atoms with Crippen LogP contribution in [0.25, 0.3) is 10.9 Å². The van der Waals surface area contributed by atoms with Crippen molar-refractivity contribution in [3.8, 4) is 0 Å². The predicted molar refractivity (Wildman–Crippen MR) is 134 cm³/mol. The number of hydrogen-bond acceptors (Lipinski definition) is 5. The molecule has 0 bridgehead atoms. The fourth-order valence-electron chi connectivity index (χ4n) is 4.33. The first-order valence-electron chi connectivity index (χ1n) is 11.8. The predicted octanol–water partition coefficient (Wildman–Crippen LogP) is 4.39. The summed E-state index contributed by atoms with van der Waals surface area (Å²) >= 11 is 0. The molecule has 1 aliphatic rings. The number of rotatable bonds is 5. The van der Waals surface area contributed by atoms with Crippen molar-refractivity contribution in [1.82, 2.24) is 14.2 Å². The van der Waals surface area contributed by atoms with Gasteiger partial charge in [0.2, 0.25) is 0 Å². The second-order valence-electron chi connectivity index (χ2n) is 9.91. The van der Waals surface area contributed by atoms with Crippen LogP contribution in [-0.4, -0.2) is 54.5 Å². The molecule has 1 fully saturated rings. The van der Waals surface area contributed by atoms with E-state index in [2.05, 4.69) is 5.32 Å². The third-order valence-electron chi connectivity index (χ3n) is 6.08. The molecule has 1 aromatic heterocycles. The summed E-state index contributed by atoms with van der Waals surface area (Å²) in [6, 6.07) is 13.4. The first-order valence-corrected chi connectivity index (χ1v) is 13.3. The van der Waals surface area contributed by atoms with E-state index in [9.17, 15) is 22.4 Å². The van der Waals surface area contributed by atoms with Crippen LogP contribution in [0.2, 0.25) is 0 Å². The lowest BCUT2D eigenvalue weighted by Crippen LogP contribution is -2.43. The number of nitrogens with zero attached hydrogens (tertiary/aromatic N) is 2. The molecule has 0 atom stereocenters. The number of amides is 2. The van der Waals surface area contributed by atoms with E-state index in [1.165, 1.54) is 24.3 Å². The molecule has 1 saturated heterocycles. The molecule has 36 heavy (non-hydrogen) atoms. The largest absolute Gasteiger partial charge is 0.444 e. The van der Waals surface area contributed by atoms with Gasteiger partial charge in [-0.1, -0.05) is 30.3 Å². The van der Waals surface area contributed by atoms with E-state index in [0.717, 1.165) is 10.0 Å². The Morgan fingerprint density at radius 3 is 2.36 bits per heavy atom.